The number of H-pyrrole nitrogens is 1. The van der Waals surface area contributed by atoms with Crippen LogP contribution in [-0.4, -0.2) is 32.1 Å². The highest BCUT2D eigenvalue weighted by atomic mass is 16.4. The molecule has 2 bridgehead atoms. The molecule has 3 fully saturated rings. The van der Waals surface area contributed by atoms with Crippen molar-refractivity contribution >= 4 is 11.9 Å². The fourth-order valence-corrected chi connectivity index (χ4v) is 4.06. The largest absolute Gasteiger partial charge is 0.473 e. The zero-order valence-corrected chi connectivity index (χ0v) is 13.1. The van der Waals surface area contributed by atoms with Gasteiger partial charge in [0.05, 0.1) is 0 Å². The smallest absolute Gasteiger partial charge is 0.414 e. The Bertz CT molecular complexity index is 510. The molecular weight excluding hydrogens is 284 g/mol. The Labute approximate surface area is 130 Å². The van der Waals surface area contributed by atoms with Gasteiger partial charge in [0.15, 0.2) is 0 Å². The number of aryl methyl sites for hydroxylation is 1. The average molecular weight is 308 g/mol. The van der Waals surface area contributed by atoms with E-state index in [1.807, 2.05) is 12.4 Å². The first-order valence-electron chi connectivity index (χ1n) is 7.76. The number of fused-ring (bicyclic) bond motifs is 2. The molecule has 3 aliphatic rings. The van der Waals surface area contributed by atoms with Crippen LogP contribution in [0, 0.1) is 23.2 Å². The molecule has 1 aromatic heterocycles. The molecule has 1 heterocycles. The third kappa shape index (κ3) is 3.48. The molecule has 0 spiro atoms. The second kappa shape index (κ2) is 6.50. The van der Waals surface area contributed by atoms with Gasteiger partial charge in [0.1, 0.15) is 5.82 Å². The van der Waals surface area contributed by atoms with Gasteiger partial charge in [-0.25, -0.2) is 14.6 Å². The fourth-order valence-electron chi connectivity index (χ4n) is 4.06. The second-order valence-electron chi connectivity index (χ2n) is 6.88. The van der Waals surface area contributed by atoms with Crippen molar-refractivity contribution in [2.45, 2.75) is 46.0 Å². The van der Waals surface area contributed by atoms with Gasteiger partial charge >= 0.3 is 11.9 Å². The lowest BCUT2D eigenvalue weighted by molar-refractivity contribution is -0.159. The first-order chi connectivity index (χ1) is 10.3. The topological polar surface area (TPSA) is 103 Å². The van der Waals surface area contributed by atoms with Crippen LogP contribution in [-0.2, 0) is 16.0 Å². The maximum Gasteiger partial charge on any atom is 0.414 e. The molecular formula is C16H24N2O4. The SMILES string of the molecule is CC1(C)C2CCC(CCc3ncc[nH]3)C1C2.O=C(O)C(=O)O. The van der Waals surface area contributed by atoms with Crippen LogP contribution in [0.5, 0.6) is 0 Å². The number of aromatic nitrogens is 2. The van der Waals surface area contributed by atoms with Crippen LogP contribution in [0.25, 0.3) is 0 Å². The summed E-state index contributed by atoms with van der Waals surface area (Å²) in [5, 5.41) is 14.8. The van der Waals surface area contributed by atoms with E-state index >= 15 is 0 Å². The van der Waals surface area contributed by atoms with Crippen molar-refractivity contribution in [1.82, 2.24) is 9.97 Å². The molecule has 4 rings (SSSR count). The summed E-state index contributed by atoms with van der Waals surface area (Å²) in [4.78, 5) is 25.7. The summed E-state index contributed by atoms with van der Waals surface area (Å²) in [6, 6.07) is 0. The number of carbonyl (C=O) groups is 2. The molecule has 122 valence electrons. The molecule has 3 N–H and O–H groups in total. The number of aliphatic carboxylic acids is 2. The molecule has 0 aromatic carbocycles. The number of carboxylic acids is 2. The van der Waals surface area contributed by atoms with Gasteiger partial charge in [-0.1, -0.05) is 13.8 Å². The zero-order valence-electron chi connectivity index (χ0n) is 13.1. The maximum atomic E-state index is 9.10. The van der Waals surface area contributed by atoms with Crippen molar-refractivity contribution in [3.8, 4) is 0 Å². The standard InChI is InChI=1S/C14H22N2.C2H2O4/c1-14(2)11-5-3-10(12(14)9-11)4-6-13-15-7-8-16-13;3-1(4)2(5)6/h7-8,10-12H,3-6,9H2,1-2H3,(H,15,16);(H,3,4)(H,5,6). The molecule has 3 unspecified atom stereocenters. The van der Waals surface area contributed by atoms with Crippen LogP contribution in [0.4, 0.5) is 0 Å². The van der Waals surface area contributed by atoms with E-state index in [4.69, 9.17) is 19.8 Å². The van der Waals surface area contributed by atoms with Gasteiger partial charge in [0.25, 0.3) is 0 Å². The summed E-state index contributed by atoms with van der Waals surface area (Å²) < 4.78 is 0. The second-order valence-corrected chi connectivity index (χ2v) is 6.88. The predicted molar refractivity (Wildman–Crippen MR) is 80.3 cm³/mol. The predicted octanol–water partition coefficient (Wildman–Crippen LogP) is 2.57. The molecule has 3 saturated carbocycles. The van der Waals surface area contributed by atoms with Gasteiger partial charge in [0, 0.05) is 18.8 Å². The Kier molecular flexibility index (Phi) is 4.88. The van der Waals surface area contributed by atoms with Gasteiger partial charge in [-0.05, 0) is 48.9 Å². The molecule has 0 radical (unpaired) electrons. The van der Waals surface area contributed by atoms with Crippen LogP contribution in [0.1, 0.15) is 45.4 Å². The van der Waals surface area contributed by atoms with Crippen molar-refractivity contribution < 1.29 is 19.8 Å². The monoisotopic (exact) mass is 308 g/mol. The molecule has 3 aliphatic carbocycles. The number of carboxylic acid groups (broad SMARTS) is 2. The van der Waals surface area contributed by atoms with Crippen molar-refractivity contribution in [3.05, 3.63) is 18.2 Å². The molecule has 3 atom stereocenters. The summed E-state index contributed by atoms with van der Waals surface area (Å²) in [5.74, 6) is 0.480. The van der Waals surface area contributed by atoms with Gasteiger partial charge in [-0.2, -0.15) is 0 Å². The fraction of sp³-hybridized carbons (Fsp3) is 0.688. The lowest BCUT2D eigenvalue weighted by Crippen LogP contribution is -2.52. The minimum Gasteiger partial charge on any atom is -0.473 e. The highest BCUT2D eigenvalue weighted by Gasteiger charge is 2.53. The molecule has 0 saturated heterocycles. The van der Waals surface area contributed by atoms with Crippen LogP contribution in [0.2, 0.25) is 0 Å². The van der Waals surface area contributed by atoms with E-state index in [0.29, 0.717) is 5.41 Å². The summed E-state index contributed by atoms with van der Waals surface area (Å²) in [6.07, 6.45) is 10.7. The van der Waals surface area contributed by atoms with E-state index in [9.17, 15) is 0 Å². The van der Waals surface area contributed by atoms with Crippen molar-refractivity contribution in [2.75, 3.05) is 0 Å². The van der Waals surface area contributed by atoms with Gasteiger partial charge in [0.2, 0.25) is 0 Å². The van der Waals surface area contributed by atoms with Crippen LogP contribution in [0.15, 0.2) is 12.4 Å². The van der Waals surface area contributed by atoms with Crippen molar-refractivity contribution in [3.63, 3.8) is 0 Å². The van der Waals surface area contributed by atoms with Crippen molar-refractivity contribution in [1.29, 1.82) is 0 Å². The summed E-state index contributed by atoms with van der Waals surface area (Å²) in [6.45, 7) is 4.95. The number of aromatic amines is 1. The van der Waals surface area contributed by atoms with E-state index in [-0.39, 0.29) is 0 Å². The third-order valence-corrected chi connectivity index (χ3v) is 5.49. The number of nitrogens with zero attached hydrogens (tertiary/aromatic N) is 1. The molecule has 22 heavy (non-hydrogen) atoms. The first-order valence-corrected chi connectivity index (χ1v) is 7.76. The van der Waals surface area contributed by atoms with E-state index < -0.39 is 11.9 Å². The van der Waals surface area contributed by atoms with E-state index in [0.717, 1.165) is 24.2 Å². The molecule has 0 aliphatic heterocycles. The molecule has 0 amide bonds. The minimum absolute atomic E-state index is 0.631. The Hall–Kier alpha value is -1.85. The third-order valence-electron chi connectivity index (χ3n) is 5.49. The summed E-state index contributed by atoms with van der Waals surface area (Å²) >= 11 is 0. The summed E-state index contributed by atoms with van der Waals surface area (Å²) in [5.41, 5.74) is 0.631. The number of nitrogens with one attached hydrogen (secondary N) is 1. The van der Waals surface area contributed by atoms with Gasteiger partial charge in [-0.3, -0.25) is 0 Å². The van der Waals surface area contributed by atoms with Gasteiger partial charge < -0.3 is 15.2 Å². The lowest BCUT2D eigenvalue weighted by atomic mass is 9.45. The molecule has 1 aromatic rings. The zero-order chi connectivity index (χ0) is 16.3. The quantitative estimate of drug-likeness (QED) is 0.745. The minimum atomic E-state index is -1.82. The van der Waals surface area contributed by atoms with E-state index in [1.54, 1.807) is 0 Å². The lowest BCUT2D eigenvalue weighted by Gasteiger charge is -2.60. The van der Waals surface area contributed by atoms with Crippen LogP contribution < -0.4 is 0 Å². The Balaban J connectivity index is 0.000000254. The molecule has 6 heteroatoms. The Morgan fingerprint density at radius 3 is 2.45 bits per heavy atom. The van der Waals surface area contributed by atoms with E-state index in [1.165, 1.54) is 31.5 Å². The van der Waals surface area contributed by atoms with Crippen LogP contribution in [0.3, 0.4) is 0 Å². The van der Waals surface area contributed by atoms with Gasteiger partial charge in [-0.15, -0.1) is 0 Å². The maximum absolute atomic E-state index is 9.10. The number of rotatable bonds is 3. The highest BCUT2D eigenvalue weighted by molar-refractivity contribution is 6.27. The normalized spacial score (nSPS) is 28.0. The van der Waals surface area contributed by atoms with Crippen LogP contribution >= 0.6 is 0 Å². The number of hydrogen-bond acceptors (Lipinski definition) is 3. The highest BCUT2D eigenvalue weighted by Crippen LogP contribution is 2.62. The Morgan fingerprint density at radius 1 is 1.32 bits per heavy atom. The first kappa shape index (κ1) is 16.5. The average Bonchev–Trinajstić information content (AvgIpc) is 2.99. The summed E-state index contributed by atoms with van der Waals surface area (Å²) in [7, 11) is 0. The molecule has 6 nitrogen and oxygen atoms in total. The number of hydrogen-bond donors (Lipinski definition) is 3. The Morgan fingerprint density at radius 2 is 2.00 bits per heavy atom. The van der Waals surface area contributed by atoms with E-state index in [2.05, 4.69) is 23.8 Å². The number of imidazole rings is 1. The van der Waals surface area contributed by atoms with Crippen molar-refractivity contribution in [2.24, 2.45) is 23.2 Å².